The molecule has 0 bridgehead atoms. The van der Waals surface area contributed by atoms with E-state index >= 15 is 0 Å². The van der Waals surface area contributed by atoms with Gasteiger partial charge in [-0.3, -0.25) is 4.79 Å². The second-order valence-corrected chi connectivity index (χ2v) is 3.41. The zero-order valence-electron chi connectivity index (χ0n) is 8.26. The molecule has 0 spiro atoms. The fraction of sp³-hybridized carbons (Fsp3) is 0.222. The Morgan fingerprint density at radius 3 is 3.07 bits per heavy atom. The predicted octanol–water partition coefficient (Wildman–Crippen LogP) is 0.417. The molecule has 3 heterocycles. The van der Waals surface area contributed by atoms with Gasteiger partial charge in [0, 0.05) is 18.8 Å². The number of nitrogens with zero attached hydrogens (tertiary/aromatic N) is 4. The zero-order valence-corrected chi connectivity index (χ0v) is 8.26. The number of aryl methyl sites for hydroxylation is 1. The number of hydroxylamine groups is 2. The molecule has 0 aliphatic carbocycles. The summed E-state index contributed by atoms with van der Waals surface area (Å²) in [6.45, 7) is 1.90. The standard InChI is InChI=1S/C9H8N4O2/c1-5-3-6-8-7(9(14)12(2)15-6)10-4-11-13(5)8/h3-4H,1-2H3. The second-order valence-electron chi connectivity index (χ2n) is 3.41. The van der Waals surface area contributed by atoms with Crippen LogP contribution in [0.3, 0.4) is 0 Å². The van der Waals surface area contributed by atoms with Gasteiger partial charge in [0.05, 0.1) is 0 Å². The van der Waals surface area contributed by atoms with Crippen LogP contribution in [0.25, 0.3) is 5.52 Å². The summed E-state index contributed by atoms with van der Waals surface area (Å²) in [7, 11) is 1.56. The molecule has 6 nitrogen and oxygen atoms in total. The molecular formula is C9H8N4O2. The van der Waals surface area contributed by atoms with Crippen LogP contribution in [-0.2, 0) is 0 Å². The molecule has 1 amide bonds. The maximum absolute atomic E-state index is 11.7. The number of carbonyl (C=O) groups is 1. The molecule has 76 valence electrons. The van der Waals surface area contributed by atoms with Crippen molar-refractivity contribution >= 4 is 11.4 Å². The lowest BCUT2D eigenvalue weighted by atomic mass is 10.3. The van der Waals surface area contributed by atoms with E-state index in [-0.39, 0.29) is 5.91 Å². The molecule has 0 unspecified atom stereocenters. The Bertz CT molecular complexity index is 575. The van der Waals surface area contributed by atoms with Gasteiger partial charge in [-0.2, -0.15) is 10.2 Å². The largest absolute Gasteiger partial charge is 0.374 e. The van der Waals surface area contributed by atoms with Gasteiger partial charge in [0.2, 0.25) is 0 Å². The summed E-state index contributed by atoms with van der Waals surface area (Å²) in [5.41, 5.74) is 1.92. The van der Waals surface area contributed by atoms with Crippen LogP contribution in [0, 0.1) is 6.92 Å². The molecule has 6 heteroatoms. The summed E-state index contributed by atoms with van der Waals surface area (Å²) in [5, 5.41) is 5.23. The third kappa shape index (κ3) is 0.903. The first kappa shape index (κ1) is 8.22. The molecule has 2 aromatic rings. The molecule has 1 aliphatic rings. The first-order valence-corrected chi connectivity index (χ1v) is 4.48. The van der Waals surface area contributed by atoms with E-state index in [1.165, 1.54) is 11.4 Å². The van der Waals surface area contributed by atoms with Gasteiger partial charge in [0.15, 0.2) is 11.4 Å². The van der Waals surface area contributed by atoms with Crippen LogP contribution < -0.4 is 4.84 Å². The minimum atomic E-state index is -0.256. The second kappa shape index (κ2) is 2.47. The van der Waals surface area contributed by atoms with Gasteiger partial charge < -0.3 is 4.84 Å². The summed E-state index contributed by atoms with van der Waals surface area (Å²) >= 11 is 0. The molecule has 0 atom stereocenters. The van der Waals surface area contributed by atoms with Gasteiger partial charge in [-0.25, -0.2) is 9.50 Å². The third-order valence-corrected chi connectivity index (χ3v) is 2.42. The molecule has 0 saturated heterocycles. The summed E-state index contributed by atoms with van der Waals surface area (Å²) in [6, 6.07) is 1.83. The Hall–Kier alpha value is -2.11. The van der Waals surface area contributed by atoms with Crippen molar-refractivity contribution in [2.75, 3.05) is 7.05 Å². The highest BCUT2D eigenvalue weighted by Gasteiger charge is 2.28. The van der Waals surface area contributed by atoms with Gasteiger partial charge in [0.1, 0.15) is 11.8 Å². The zero-order chi connectivity index (χ0) is 10.6. The maximum Gasteiger partial charge on any atom is 0.307 e. The average Bonchev–Trinajstić information content (AvgIpc) is 2.54. The lowest BCUT2D eigenvalue weighted by Gasteiger charge is -2.21. The Morgan fingerprint density at radius 2 is 2.27 bits per heavy atom. The van der Waals surface area contributed by atoms with E-state index in [2.05, 4.69) is 10.1 Å². The highest BCUT2D eigenvalue weighted by molar-refractivity contribution is 6.01. The van der Waals surface area contributed by atoms with Crippen LogP contribution in [0.5, 0.6) is 5.75 Å². The Labute approximate surface area is 85.0 Å². The van der Waals surface area contributed by atoms with Crippen molar-refractivity contribution in [3.8, 4) is 5.75 Å². The van der Waals surface area contributed by atoms with Crippen LogP contribution in [-0.4, -0.2) is 32.6 Å². The predicted molar refractivity (Wildman–Crippen MR) is 50.4 cm³/mol. The van der Waals surface area contributed by atoms with Crippen molar-refractivity contribution in [1.82, 2.24) is 19.7 Å². The van der Waals surface area contributed by atoms with Crippen LogP contribution >= 0.6 is 0 Å². The van der Waals surface area contributed by atoms with E-state index < -0.39 is 0 Å². The van der Waals surface area contributed by atoms with Gasteiger partial charge in [-0.15, -0.1) is 0 Å². The summed E-state index contributed by atoms with van der Waals surface area (Å²) < 4.78 is 1.66. The number of carbonyl (C=O) groups excluding carboxylic acids is 1. The van der Waals surface area contributed by atoms with Crippen molar-refractivity contribution in [3.05, 3.63) is 23.8 Å². The normalized spacial score (nSPS) is 14.5. The number of amides is 1. The Morgan fingerprint density at radius 1 is 1.47 bits per heavy atom. The number of hydrogen-bond donors (Lipinski definition) is 0. The smallest absolute Gasteiger partial charge is 0.307 e. The molecule has 0 saturated carbocycles. The van der Waals surface area contributed by atoms with E-state index in [4.69, 9.17) is 4.84 Å². The molecule has 2 aromatic heterocycles. The van der Waals surface area contributed by atoms with Gasteiger partial charge in [0.25, 0.3) is 0 Å². The molecule has 0 radical (unpaired) electrons. The topological polar surface area (TPSA) is 59.7 Å². The van der Waals surface area contributed by atoms with Crippen molar-refractivity contribution in [3.63, 3.8) is 0 Å². The SMILES string of the molecule is Cc1cc2c3c(ncnn13)C(=O)N(C)O2. The van der Waals surface area contributed by atoms with Gasteiger partial charge in [-0.1, -0.05) is 0 Å². The molecule has 15 heavy (non-hydrogen) atoms. The van der Waals surface area contributed by atoms with Crippen molar-refractivity contribution in [2.45, 2.75) is 6.92 Å². The fourth-order valence-electron chi connectivity index (χ4n) is 1.73. The van der Waals surface area contributed by atoms with E-state index in [1.54, 1.807) is 11.6 Å². The summed E-state index contributed by atoms with van der Waals surface area (Å²) in [6.07, 6.45) is 1.37. The van der Waals surface area contributed by atoms with Crippen LogP contribution in [0.4, 0.5) is 0 Å². The first-order chi connectivity index (χ1) is 7.18. The molecule has 0 aromatic carbocycles. The number of aromatic nitrogens is 3. The Balaban J connectivity index is 2.47. The van der Waals surface area contributed by atoms with Crippen molar-refractivity contribution in [1.29, 1.82) is 0 Å². The Kier molecular flexibility index (Phi) is 1.35. The highest BCUT2D eigenvalue weighted by atomic mass is 16.7. The van der Waals surface area contributed by atoms with Crippen molar-refractivity contribution < 1.29 is 9.63 Å². The van der Waals surface area contributed by atoms with E-state index in [1.807, 2.05) is 13.0 Å². The van der Waals surface area contributed by atoms with Crippen LogP contribution in [0.1, 0.15) is 16.2 Å². The monoisotopic (exact) mass is 204 g/mol. The lowest BCUT2D eigenvalue weighted by Crippen LogP contribution is -2.34. The average molecular weight is 204 g/mol. The number of hydrogen-bond acceptors (Lipinski definition) is 4. The lowest BCUT2D eigenvalue weighted by molar-refractivity contribution is -0.0164. The van der Waals surface area contributed by atoms with E-state index in [0.29, 0.717) is 17.0 Å². The van der Waals surface area contributed by atoms with Crippen molar-refractivity contribution in [2.24, 2.45) is 0 Å². The quantitative estimate of drug-likeness (QED) is 0.623. The molecule has 0 N–H and O–H groups in total. The third-order valence-electron chi connectivity index (χ3n) is 2.42. The summed E-state index contributed by atoms with van der Waals surface area (Å²) in [4.78, 5) is 21.0. The summed E-state index contributed by atoms with van der Waals surface area (Å²) in [5.74, 6) is 0.359. The van der Waals surface area contributed by atoms with Crippen LogP contribution in [0.15, 0.2) is 12.4 Å². The van der Waals surface area contributed by atoms with E-state index in [9.17, 15) is 4.79 Å². The van der Waals surface area contributed by atoms with E-state index in [0.717, 1.165) is 5.69 Å². The number of rotatable bonds is 0. The highest BCUT2D eigenvalue weighted by Crippen LogP contribution is 2.30. The van der Waals surface area contributed by atoms with Crippen LogP contribution in [0.2, 0.25) is 0 Å². The molecule has 1 aliphatic heterocycles. The molecule has 3 rings (SSSR count). The first-order valence-electron chi connectivity index (χ1n) is 4.48. The fourth-order valence-corrected chi connectivity index (χ4v) is 1.73. The minimum Gasteiger partial charge on any atom is -0.374 e. The molecular weight excluding hydrogens is 196 g/mol. The minimum absolute atomic E-state index is 0.256. The maximum atomic E-state index is 11.7. The van der Waals surface area contributed by atoms with Gasteiger partial charge in [-0.05, 0) is 6.92 Å². The van der Waals surface area contributed by atoms with Gasteiger partial charge >= 0.3 is 5.91 Å². The molecule has 0 fully saturated rings.